The summed E-state index contributed by atoms with van der Waals surface area (Å²) in [5.41, 5.74) is 2.72. The van der Waals surface area contributed by atoms with Gasteiger partial charge in [0.2, 0.25) is 5.91 Å². The van der Waals surface area contributed by atoms with E-state index in [2.05, 4.69) is 10.3 Å². The second kappa shape index (κ2) is 5.97. The van der Waals surface area contributed by atoms with Gasteiger partial charge in [-0.15, -0.1) is 0 Å². The summed E-state index contributed by atoms with van der Waals surface area (Å²) >= 11 is 0. The summed E-state index contributed by atoms with van der Waals surface area (Å²) < 4.78 is 14.8. The minimum Gasteiger partial charge on any atom is -0.349 e. The van der Waals surface area contributed by atoms with Crippen LogP contribution in [0.1, 0.15) is 11.4 Å². The summed E-state index contributed by atoms with van der Waals surface area (Å²) in [4.78, 5) is 16.5. The molecule has 0 unspecified atom stereocenters. The van der Waals surface area contributed by atoms with Crippen molar-refractivity contribution < 1.29 is 9.18 Å². The van der Waals surface area contributed by atoms with Crippen LogP contribution in [0.4, 0.5) is 4.39 Å². The number of amides is 1. The van der Waals surface area contributed by atoms with Crippen LogP contribution in [0.3, 0.4) is 0 Å². The van der Waals surface area contributed by atoms with Gasteiger partial charge < -0.3 is 9.88 Å². The van der Waals surface area contributed by atoms with Crippen molar-refractivity contribution in [2.75, 3.05) is 0 Å². The number of fused-ring (bicyclic) bond motifs is 1. The number of rotatable bonds is 4. The number of carbonyl (C=O) groups is 1. The molecule has 3 rings (SSSR count). The number of hydrogen-bond donors (Lipinski definition) is 1. The van der Waals surface area contributed by atoms with Crippen molar-refractivity contribution >= 4 is 16.9 Å². The fourth-order valence-electron chi connectivity index (χ4n) is 2.38. The number of aryl methyl sites for hydroxylation is 1. The largest absolute Gasteiger partial charge is 0.349 e. The van der Waals surface area contributed by atoms with Crippen molar-refractivity contribution in [3.8, 4) is 0 Å². The Bertz CT molecular complexity index is 808. The lowest BCUT2D eigenvalue weighted by Gasteiger charge is -2.06. The molecule has 0 fully saturated rings. The summed E-state index contributed by atoms with van der Waals surface area (Å²) in [5, 5.41) is 2.85. The van der Waals surface area contributed by atoms with Crippen LogP contribution in [-0.2, 0) is 24.8 Å². The lowest BCUT2D eigenvalue weighted by Crippen LogP contribution is -2.25. The monoisotopic (exact) mass is 297 g/mol. The molecule has 22 heavy (non-hydrogen) atoms. The molecule has 0 radical (unpaired) electrons. The highest BCUT2D eigenvalue weighted by Crippen LogP contribution is 2.14. The van der Waals surface area contributed by atoms with Gasteiger partial charge in [0.05, 0.1) is 24.0 Å². The molecule has 5 heteroatoms. The van der Waals surface area contributed by atoms with E-state index in [-0.39, 0.29) is 18.1 Å². The van der Waals surface area contributed by atoms with E-state index in [1.165, 1.54) is 12.1 Å². The smallest absolute Gasteiger partial charge is 0.224 e. The molecule has 0 atom stereocenters. The van der Waals surface area contributed by atoms with Crippen LogP contribution in [0.2, 0.25) is 0 Å². The van der Waals surface area contributed by atoms with Crippen molar-refractivity contribution in [2.24, 2.45) is 7.05 Å². The minimum absolute atomic E-state index is 0.112. The predicted octanol–water partition coefficient (Wildman–Crippen LogP) is 2.57. The maximum Gasteiger partial charge on any atom is 0.224 e. The molecule has 112 valence electrons. The molecule has 0 saturated carbocycles. The van der Waals surface area contributed by atoms with Crippen LogP contribution in [0, 0.1) is 5.82 Å². The Balaban J connectivity index is 1.64. The lowest BCUT2D eigenvalue weighted by atomic mass is 10.1. The van der Waals surface area contributed by atoms with E-state index in [1.54, 1.807) is 12.1 Å². The van der Waals surface area contributed by atoms with Crippen molar-refractivity contribution in [3.63, 3.8) is 0 Å². The molecule has 1 aromatic heterocycles. The molecular formula is C17H16FN3O. The second-order valence-electron chi connectivity index (χ2n) is 5.16. The molecule has 0 aliphatic carbocycles. The van der Waals surface area contributed by atoms with Crippen molar-refractivity contribution in [2.45, 2.75) is 13.0 Å². The van der Waals surface area contributed by atoms with Gasteiger partial charge in [-0.05, 0) is 29.8 Å². The van der Waals surface area contributed by atoms with Crippen LogP contribution < -0.4 is 5.32 Å². The van der Waals surface area contributed by atoms with Crippen LogP contribution in [-0.4, -0.2) is 15.5 Å². The highest BCUT2D eigenvalue weighted by atomic mass is 19.1. The normalized spacial score (nSPS) is 10.8. The molecule has 0 aliphatic heterocycles. The average molecular weight is 297 g/mol. The van der Waals surface area contributed by atoms with Crippen molar-refractivity contribution in [1.29, 1.82) is 0 Å². The van der Waals surface area contributed by atoms with Gasteiger partial charge in [-0.1, -0.05) is 24.3 Å². The Morgan fingerprint density at radius 2 is 1.91 bits per heavy atom. The molecule has 4 nitrogen and oxygen atoms in total. The predicted molar refractivity (Wildman–Crippen MR) is 82.7 cm³/mol. The fourth-order valence-corrected chi connectivity index (χ4v) is 2.38. The van der Waals surface area contributed by atoms with E-state index in [0.717, 1.165) is 22.4 Å². The SMILES string of the molecule is Cn1c(CNC(=O)Cc2ccc(F)cc2)nc2ccccc21. The highest BCUT2D eigenvalue weighted by Gasteiger charge is 2.09. The van der Waals surface area contributed by atoms with Gasteiger partial charge in [-0.2, -0.15) is 0 Å². The van der Waals surface area contributed by atoms with Gasteiger partial charge in [0.25, 0.3) is 0 Å². The Hall–Kier alpha value is -2.69. The quantitative estimate of drug-likeness (QED) is 0.804. The minimum atomic E-state index is -0.302. The maximum atomic E-state index is 12.8. The molecule has 0 aliphatic rings. The van der Waals surface area contributed by atoms with Gasteiger partial charge in [0, 0.05) is 7.05 Å². The van der Waals surface area contributed by atoms with Crippen LogP contribution in [0.25, 0.3) is 11.0 Å². The number of carbonyl (C=O) groups excluding carboxylic acids is 1. The highest BCUT2D eigenvalue weighted by molar-refractivity contribution is 5.79. The standard InChI is InChI=1S/C17H16FN3O/c1-21-15-5-3-2-4-14(15)20-16(21)11-19-17(22)10-12-6-8-13(18)9-7-12/h2-9H,10-11H2,1H3,(H,19,22). The van der Waals surface area contributed by atoms with E-state index in [4.69, 9.17) is 0 Å². The number of para-hydroxylation sites is 2. The fraction of sp³-hybridized carbons (Fsp3) is 0.176. The van der Waals surface area contributed by atoms with E-state index in [0.29, 0.717) is 6.54 Å². The van der Waals surface area contributed by atoms with Crippen LogP contribution in [0.15, 0.2) is 48.5 Å². The Kier molecular flexibility index (Phi) is 3.87. The number of halogens is 1. The zero-order valence-electron chi connectivity index (χ0n) is 12.2. The first-order valence-electron chi connectivity index (χ1n) is 7.05. The Morgan fingerprint density at radius 1 is 1.18 bits per heavy atom. The molecular weight excluding hydrogens is 281 g/mol. The topological polar surface area (TPSA) is 46.9 Å². The van der Waals surface area contributed by atoms with Crippen LogP contribution >= 0.6 is 0 Å². The summed E-state index contributed by atoms with van der Waals surface area (Å²) in [5.74, 6) is 0.385. The summed E-state index contributed by atoms with van der Waals surface area (Å²) in [6.45, 7) is 0.366. The van der Waals surface area contributed by atoms with Crippen molar-refractivity contribution in [1.82, 2.24) is 14.9 Å². The number of benzene rings is 2. The number of nitrogens with one attached hydrogen (secondary N) is 1. The number of aromatic nitrogens is 2. The molecule has 2 aromatic carbocycles. The van der Waals surface area contributed by atoms with E-state index in [9.17, 15) is 9.18 Å². The van der Waals surface area contributed by atoms with Gasteiger partial charge in [0.1, 0.15) is 11.6 Å². The summed E-state index contributed by atoms with van der Waals surface area (Å²) in [6.07, 6.45) is 0.226. The molecule has 1 amide bonds. The average Bonchev–Trinajstić information content (AvgIpc) is 2.84. The zero-order valence-corrected chi connectivity index (χ0v) is 12.2. The van der Waals surface area contributed by atoms with E-state index in [1.807, 2.05) is 35.9 Å². The third-order valence-electron chi connectivity index (χ3n) is 3.60. The van der Waals surface area contributed by atoms with Gasteiger partial charge in [-0.25, -0.2) is 9.37 Å². The van der Waals surface area contributed by atoms with Gasteiger partial charge in [0.15, 0.2) is 0 Å². The first kappa shape index (κ1) is 14.3. The van der Waals surface area contributed by atoms with Crippen molar-refractivity contribution in [3.05, 3.63) is 65.7 Å². The number of imidazole rings is 1. The molecule has 3 aromatic rings. The molecule has 0 spiro atoms. The molecule has 1 heterocycles. The third-order valence-corrected chi connectivity index (χ3v) is 3.60. The maximum absolute atomic E-state index is 12.8. The van der Waals surface area contributed by atoms with E-state index < -0.39 is 0 Å². The first-order valence-corrected chi connectivity index (χ1v) is 7.05. The van der Waals surface area contributed by atoms with E-state index >= 15 is 0 Å². The molecule has 0 saturated heterocycles. The van der Waals surface area contributed by atoms with Gasteiger partial charge in [-0.3, -0.25) is 4.79 Å². The molecule has 0 bridgehead atoms. The lowest BCUT2D eigenvalue weighted by molar-refractivity contribution is -0.120. The Labute approximate surface area is 127 Å². The zero-order chi connectivity index (χ0) is 15.5. The number of hydrogen-bond acceptors (Lipinski definition) is 2. The Morgan fingerprint density at radius 3 is 2.64 bits per heavy atom. The van der Waals surface area contributed by atoms with Crippen LogP contribution in [0.5, 0.6) is 0 Å². The summed E-state index contributed by atoms with van der Waals surface area (Å²) in [6, 6.07) is 13.8. The first-order chi connectivity index (χ1) is 10.6. The summed E-state index contributed by atoms with van der Waals surface area (Å²) in [7, 11) is 1.93. The molecule has 1 N–H and O–H groups in total. The second-order valence-corrected chi connectivity index (χ2v) is 5.16. The van der Waals surface area contributed by atoms with Gasteiger partial charge >= 0.3 is 0 Å². The third kappa shape index (κ3) is 2.98. The number of nitrogens with zero attached hydrogens (tertiary/aromatic N) is 2.